The van der Waals surface area contributed by atoms with Crippen molar-refractivity contribution < 1.29 is 9.90 Å². The van der Waals surface area contributed by atoms with E-state index in [0.29, 0.717) is 13.1 Å². The summed E-state index contributed by atoms with van der Waals surface area (Å²) in [6.45, 7) is 4.39. The van der Waals surface area contributed by atoms with Crippen molar-refractivity contribution in [1.82, 2.24) is 9.80 Å². The molecule has 4 nitrogen and oxygen atoms in total. The van der Waals surface area contributed by atoms with Crippen LogP contribution in [0.5, 0.6) is 0 Å². The highest BCUT2D eigenvalue weighted by Crippen LogP contribution is 2.25. The van der Waals surface area contributed by atoms with E-state index in [2.05, 4.69) is 4.90 Å². The van der Waals surface area contributed by atoms with Crippen LogP contribution in [0.4, 0.5) is 4.79 Å². The summed E-state index contributed by atoms with van der Waals surface area (Å²) in [5.41, 5.74) is 0. The van der Waals surface area contributed by atoms with E-state index in [-0.39, 0.29) is 0 Å². The Labute approximate surface area is 90.9 Å². The van der Waals surface area contributed by atoms with E-state index in [1.54, 1.807) is 0 Å². The Morgan fingerprint density at radius 2 is 1.73 bits per heavy atom. The summed E-state index contributed by atoms with van der Waals surface area (Å²) < 4.78 is 0. The summed E-state index contributed by atoms with van der Waals surface area (Å²) >= 11 is 0. The fourth-order valence-corrected chi connectivity index (χ4v) is 2.68. The molecule has 1 amide bonds. The first-order valence-electron chi connectivity index (χ1n) is 5.96. The summed E-state index contributed by atoms with van der Waals surface area (Å²) in [5.74, 6) is 0.876. The van der Waals surface area contributed by atoms with Gasteiger partial charge in [-0.1, -0.05) is 12.8 Å². The Bertz CT molecular complexity index is 219. The van der Waals surface area contributed by atoms with Crippen LogP contribution in [0.1, 0.15) is 25.7 Å². The second kappa shape index (κ2) is 4.84. The topological polar surface area (TPSA) is 43.8 Å². The lowest BCUT2D eigenvalue weighted by molar-refractivity contribution is 0.0987. The highest BCUT2D eigenvalue weighted by Gasteiger charge is 2.23. The zero-order chi connectivity index (χ0) is 10.7. The zero-order valence-corrected chi connectivity index (χ0v) is 9.19. The first-order valence-corrected chi connectivity index (χ1v) is 5.96. The summed E-state index contributed by atoms with van der Waals surface area (Å²) in [5, 5.41) is 8.82. The number of hydrogen-bond donors (Lipinski definition) is 1. The van der Waals surface area contributed by atoms with E-state index in [0.717, 1.165) is 19.0 Å². The molecule has 0 spiro atoms. The first-order chi connectivity index (χ1) is 7.25. The maximum atomic E-state index is 10.7. The van der Waals surface area contributed by atoms with Gasteiger partial charge >= 0.3 is 6.09 Å². The molecule has 2 aliphatic rings. The van der Waals surface area contributed by atoms with E-state index >= 15 is 0 Å². The van der Waals surface area contributed by atoms with Crippen LogP contribution in [0.15, 0.2) is 0 Å². The Hall–Kier alpha value is -0.770. The Kier molecular flexibility index (Phi) is 3.46. The van der Waals surface area contributed by atoms with Crippen LogP contribution in [-0.4, -0.2) is 53.7 Å². The molecule has 4 heteroatoms. The molecule has 2 rings (SSSR count). The van der Waals surface area contributed by atoms with E-state index in [1.807, 2.05) is 0 Å². The maximum absolute atomic E-state index is 10.7. The molecule has 0 atom stereocenters. The van der Waals surface area contributed by atoms with Gasteiger partial charge in [0.15, 0.2) is 0 Å². The molecule has 86 valence electrons. The van der Waals surface area contributed by atoms with Gasteiger partial charge in [-0.15, -0.1) is 0 Å². The largest absolute Gasteiger partial charge is 0.465 e. The molecule has 15 heavy (non-hydrogen) atoms. The first kappa shape index (κ1) is 10.7. The smallest absolute Gasteiger partial charge is 0.407 e. The highest BCUT2D eigenvalue weighted by molar-refractivity contribution is 5.65. The standard InChI is InChI=1S/C11H20N2O2/c14-11(15)13-7-5-12(6-8-13)9-10-3-1-2-4-10/h10H,1-9H2,(H,14,15). The molecule has 0 aromatic carbocycles. The van der Waals surface area contributed by atoms with Crippen LogP contribution in [0, 0.1) is 5.92 Å². The molecule has 0 aromatic heterocycles. The molecule has 1 saturated heterocycles. The van der Waals surface area contributed by atoms with Gasteiger partial charge in [0, 0.05) is 32.7 Å². The predicted octanol–water partition coefficient (Wildman–Crippen LogP) is 1.47. The van der Waals surface area contributed by atoms with Crippen LogP contribution in [0.25, 0.3) is 0 Å². The van der Waals surface area contributed by atoms with Crippen molar-refractivity contribution in [2.75, 3.05) is 32.7 Å². The minimum absolute atomic E-state index is 0.683. The van der Waals surface area contributed by atoms with Crippen molar-refractivity contribution in [2.45, 2.75) is 25.7 Å². The van der Waals surface area contributed by atoms with Crippen LogP contribution < -0.4 is 0 Å². The average Bonchev–Trinajstić information content (AvgIpc) is 2.71. The molecule has 0 radical (unpaired) electrons. The second-order valence-corrected chi connectivity index (χ2v) is 4.72. The summed E-state index contributed by atoms with van der Waals surface area (Å²) in [7, 11) is 0. The SMILES string of the molecule is O=C(O)N1CCN(CC2CCCC2)CC1. The number of amides is 1. The monoisotopic (exact) mass is 212 g/mol. The predicted molar refractivity (Wildman–Crippen MR) is 58.0 cm³/mol. The number of carbonyl (C=O) groups is 1. The van der Waals surface area contributed by atoms with Crippen molar-refractivity contribution in [1.29, 1.82) is 0 Å². The van der Waals surface area contributed by atoms with Crippen molar-refractivity contribution in [2.24, 2.45) is 5.92 Å². The lowest BCUT2D eigenvalue weighted by Crippen LogP contribution is -2.49. The molecule has 1 saturated carbocycles. The minimum atomic E-state index is -0.768. The molecule has 2 fully saturated rings. The van der Waals surface area contributed by atoms with Crippen LogP contribution >= 0.6 is 0 Å². The van der Waals surface area contributed by atoms with Gasteiger partial charge in [-0.3, -0.25) is 4.90 Å². The fourth-order valence-electron chi connectivity index (χ4n) is 2.68. The third-order valence-corrected chi connectivity index (χ3v) is 3.63. The van der Waals surface area contributed by atoms with Crippen LogP contribution in [-0.2, 0) is 0 Å². The molecular formula is C11H20N2O2. The Morgan fingerprint density at radius 3 is 2.27 bits per heavy atom. The van der Waals surface area contributed by atoms with Gasteiger partial charge in [-0.2, -0.15) is 0 Å². The van der Waals surface area contributed by atoms with Gasteiger partial charge < -0.3 is 10.0 Å². The van der Waals surface area contributed by atoms with Gasteiger partial charge in [0.1, 0.15) is 0 Å². The fraction of sp³-hybridized carbons (Fsp3) is 0.909. The van der Waals surface area contributed by atoms with Crippen molar-refractivity contribution >= 4 is 6.09 Å². The number of nitrogens with zero attached hydrogens (tertiary/aromatic N) is 2. The van der Waals surface area contributed by atoms with Crippen molar-refractivity contribution in [3.8, 4) is 0 Å². The van der Waals surface area contributed by atoms with E-state index in [4.69, 9.17) is 5.11 Å². The number of piperazine rings is 1. The third-order valence-electron chi connectivity index (χ3n) is 3.63. The maximum Gasteiger partial charge on any atom is 0.407 e. The van der Waals surface area contributed by atoms with Gasteiger partial charge in [-0.25, -0.2) is 4.79 Å². The van der Waals surface area contributed by atoms with Crippen molar-refractivity contribution in [3.63, 3.8) is 0 Å². The average molecular weight is 212 g/mol. The number of carboxylic acid groups (broad SMARTS) is 1. The summed E-state index contributed by atoms with van der Waals surface area (Å²) in [4.78, 5) is 14.7. The van der Waals surface area contributed by atoms with E-state index < -0.39 is 6.09 Å². The summed E-state index contributed by atoms with van der Waals surface area (Å²) in [6, 6.07) is 0. The van der Waals surface area contributed by atoms with Crippen LogP contribution in [0.3, 0.4) is 0 Å². The highest BCUT2D eigenvalue weighted by atomic mass is 16.4. The molecule has 0 bridgehead atoms. The quantitative estimate of drug-likeness (QED) is 0.754. The Morgan fingerprint density at radius 1 is 1.13 bits per heavy atom. The molecule has 0 aromatic rings. The van der Waals surface area contributed by atoms with Gasteiger partial charge in [0.05, 0.1) is 0 Å². The molecule has 1 N–H and O–H groups in total. The molecule has 1 heterocycles. The van der Waals surface area contributed by atoms with Crippen molar-refractivity contribution in [3.05, 3.63) is 0 Å². The zero-order valence-electron chi connectivity index (χ0n) is 9.19. The molecular weight excluding hydrogens is 192 g/mol. The number of rotatable bonds is 2. The van der Waals surface area contributed by atoms with Gasteiger partial charge in [0.25, 0.3) is 0 Å². The molecule has 1 aliphatic heterocycles. The third kappa shape index (κ3) is 2.84. The second-order valence-electron chi connectivity index (χ2n) is 4.72. The normalized spacial score (nSPS) is 24.7. The van der Waals surface area contributed by atoms with Gasteiger partial charge in [0.2, 0.25) is 0 Å². The van der Waals surface area contributed by atoms with Crippen LogP contribution in [0.2, 0.25) is 0 Å². The lowest BCUT2D eigenvalue weighted by atomic mass is 10.1. The minimum Gasteiger partial charge on any atom is -0.465 e. The van der Waals surface area contributed by atoms with Gasteiger partial charge in [-0.05, 0) is 18.8 Å². The Balaban J connectivity index is 1.71. The lowest BCUT2D eigenvalue weighted by Gasteiger charge is -2.34. The molecule has 0 unspecified atom stereocenters. The number of hydrogen-bond acceptors (Lipinski definition) is 2. The van der Waals surface area contributed by atoms with E-state index in [1.165, 1.54) is 37.1 Å². The molecule has 1 aliphatic carbocycles. The summed E-state index contributed by atoms with van der Waals surface area (Å²) in [6.07, 6.45) is 4.76. The van der Waals surface area contributed by atoms with E-state index in [9.17, 15) is 4.79 Å².